The normalized spacial score (nSPS) is 17.6. The van der Waals surface area contributed by atoms with Gasteiger partial charge in [0, 0.05) is 57.4 Å². The summed E-state index contributed by atoms with van der Waals surface area (Å²) in [5.41, 5.74) is 2.21. The highest BCUT2D eigenvalue weighted by Gasteiger charge is 2.29. The average Bonchev–Trinajstić information content (AvgIpc) is 2.86. The second-order valence-corrected chi connectivity index (χ2v) is 8.30. The molecule has 0 bridgehead atoms. The first-order chi connectivity index (χ1) is 15.9. The molecule has 2 heterocycles. The van der Waals surface area contributed by atoms with Gasteiger partial charge in [0.2, 0.25) is 0 Å². The Morgan fingerprint density at radius 2 is 1.24 bits per heavy atom. The summed E-state index contributed by atoms with van der Waals surface area (Å²) in [6.07, 6.45) is 2.19. The van der Waals surface area contributed by atoms with E-state index in [4.69, 9.17) is 19.8 Å². The van der Waals surface area contributed by atoms with Gasteiger partial charge in [0.25, 0.3) is 5.91 Å². The van der Waals surface area contributed by atoms with E-state index in [1.807, 2.05) is 35.2 Å². The lowest BCUT2D eigenvalue weighted by Gasteiger charge is -2.42. The highest BCUT2D eigenvalue weighted by molar-refractivity contribution is 6.27. The van der Waals surface area contributed by atoms with E-state index in [1.54, 1.807) is 0 Å². The third-order valence-corrected chi connectivity index (χ3v) is 6.13. The molecular formula is C25H31N3O5. The molecule has 0 unspecified atom stereocenters. The Bertz CT molecular complexity index is 894. The maximum atomic E-state index is 12.6. The topological polar surface area (TPSA) is 101 Å². The lowest BCUT2D eigenvalue weighted by Crippen LogP contribution is -2.53. The zero-order valence-electron chi connectivity index (χ0n) is 18.7. The van der Waals surface area contributed by atoms with Crippen molar-refractivity contribution in [3.05, 3.63) is 71.8 Å². The molecule has 2 fully saturated rings. The van der Waals surface area contributed by atoms with Crippen LogP contribution in [0.25, 0.3) is 0 Å². The van der Waals surface area contributed by atoms with Gasteiger partial charge in [-0.25, -0.2) is 9.59 Å². The van der Waals surface area contributed by atoms with Crippen molar-refractivity contribution in [2.45, 2.75) is 25.4 Å². The number of aliphatic carboxylic acids is 2. The van der Waals surface area contributed by atoms with E-state index in [-0.39, 0.29) is 5.91 Å². The molecule has 0 atom stereocenters. The van der Waals surface area contributed by atoms with Crippen molar-refractivity contribution in [2.24, 2.45) is 0 Å². The molecule has 4 rings (SSSR count). The number of rotatable bonds is 4. The molecule has 0 saturated carbocycles. The minimum Gasteiger partial charge on any atom is -0.473 e. The Hall–Kier alpha value is -3.23. The smallest absolute Gasteiger partial charge is 0.414 e. The van der Waals surface area contributed by atoms with Crippen molar-refractivity contribution in [2.75, 3.05) is 39.3 Å². The van der Waals surface area contributed by atoms with Crippen LogP contribution in [0.3, 0.4) is 0 Å². The van der Waals surface area contributed by atoms with Gasteiger partial charge in [-0.15, -0.1) is 0 Å². The molecule has 2 saturated heterocycles. The third-order valence-electron chi connectivity index (χ3n) is 6.13. The molecule has 2 aromatic carbocycles. The Kier molecular flexibility index (Phi) is 8.97. The minimum absolute atomic E-state index is 0.182. The average molecular weight is 454 g/mol. The van der Waals surface area contributed by atoms with Crippen LogP contribution in [0.5, 0.6) is 0 Å². The van der Waals surface area contributed by atoms with E-state index >= 15 is 0 Å². The number of carboxylic acid groups (broad SMARTS) is 2. The van der Waals surface area contributed by atoms with Crippen LogP contribution in [0.4, 0.5) is 0 Å². The molecule has 0 aliphatic carbocycles. The van der Waals surface area contributed by atoms with Gasteiger partial charge in [-0.05, 0) is 30.5 Å². The number of nitrogens with zero attached hydrogens (tertiary/aromatic N) is 3. The largest absolute Gasteiger partial charge is 0.473 e. The first-order valence-electron chi connectivity index (χ1n) is 11.2. The number of carbonyl (C=O) groups excluding carboxylic acids is 1. The first kappa shape index (κ1) is 24.4. The van der Waals surface area contributed by atoms with Crippen molar-refractivity contribution in [1.82, 2.24) is 14.7 Å². The van der Waals surface area contributed by atoms with Gasteiger partial charge in [-0.2, -0.15) is 0 Å². The van der Waals surface area contributed by atoms with Gasteiger partial charge in [0.05, 0.1) is 0 Å². The van der Waals surface area contributed by atoms with Crippen LogP contribution >= 0.6 is 0 Å². The van der Waals surface area contributed by atoms with Crippen LogP contribution in [0.2, 0.25) is 0 Å². The number of amides is 1. The summed E-state index contributed by atoms with van der Waals surface area (Å²) in [5, 5.41) is 14.8. The Morgan fingerprint density at radius 3 is 1.76 bits per heavy atom. The number of hydrogen-bond donors (Lipinski definition) is 2. The van der Waals surface area contributed by atoms with E-state index in [2.05, 4.69) is 40.1 Å². The van der Waals surface area contributed by atoms with Crippen LogP contribution in [0.1, 0.15) is 28.8 Å². The lowest BCUT2D eigenvalue weighted by molar-refractivity contribution is -0.159. The summed E-state index contributed by atoms with van der Waals surface area (Å²) in [6, 6.07) is 21.1. The molecular weight excluding hydrogens is 422 g/mol. The number of carbonyl (C=O) groups is 3. The summed E-state index contributed by atoms with van der Waals surface area (Å²) in [6.45, 7) is 7.37. The maximum absolute atomic E-state index is 12.6. The predicted molar refractivity (Wildman–Crippen MR) is 124 cm³/mol. The van der Waals surface area contributed by atoms with E-state index in [0.717, 1.165) is 64.2 Å². The zero-order chi connectivity index (χ0) is 23.6. The summed E-state index contributed by atoms with van der Waals surface area (Å²) in [7, 11) is 0. The van der Waals surface area contributed by atoms with Gasteiger partial charge in [-0.3, -0.25) is 14.6 Å². The zero-order valence-corrected chi connectivity index (χ0v) is 18.7. The summed E-state index contributed by atoms with van der Waals surface area (Å²) >= 11 is 0. The molecule has 0 aromatic heterocycles. The molecule has 8 nitrogen and oxygen atoms in total. The molecule has 1 amide bonds. The highest BCUT2D eigenvalue weighted by Crippen LogP contribution is 2.20. The number of hydrogen-bond acceptors (Lipinski definition) is 5. The lowest BCUT2D eigenvalue weighted by atomic mass is 10.0. The quantitative estimate of drug-likeness (QED) is 0.685. The molecule has 33 heavy (non-hydrogen) atoms. The molecule has 2 aliphatic heterocycles. The Labute approximate surface area is 194 Å². The van der Waals surface area contributed by atoms with Crippen LogP contribution < -0.4 is 0 Å². The van der Waals surface area contributed by atoms with Gasteiger partial charge < -0.3 is 15.1 Å². The summed E-state index contributed by atoms with van der Waals surface area (Å²) in [5.74, 6) is -3.47. The van der Waals surface area contributed by atoms with Crippen molar-refractivity contribution in [3.8, 4) is 0 Å². The molecule has 2 aromatic rings. The van der Waals surface area contributed by atoms with Gasteiger partial charge >= 0.3 is 11.9 Å². The van der Waals surface area contributed by atoms with E-state index < -0.39 is 11.9 Å². The van der Waals surface area contributed by atoms with E-state index in [1.165, 1.54) is 5.56 Å². The second-order valence-electron chi connectivity index (χ2n) is 8.30. The van der Waals surface area contributed by atoms with E-state index in [0.29, 0.717) is 6.04 Å². The second kappa shape index (κ2) is 12.1. The summed E-state index contributed by atoms with van der Waals surface area (Å²) < 4.78 is 0. The fourth-order valence-corrected chi connectivity index (χ4v) is 4.33. The predicted octanol–water partition coefficient (Wildman–Crippen LogP) is 2.26. The number of piperazine rings is 1. The van der Waals surface area contributed by atoms with Crippen molar-refractivity contribution >= 4 is 17.8 Å². The number of likely N-dealkylation sites (tertiary alicyclic amines) is 1. The standard InChI is InChI=1S/C23H29N3O.C2H2O4/c27-23(21-9-5-2-6-10-21)26-13-11-22(12-14-26)25-17-15-24(16-18-25)19-20-7-3-1-4-8-20;3-1(4)2(5)6/h1-10,22H,11-19H2;(H,3,4)(H,5,6). The minimum atomic E-state index is -1.82. The molecule has 2 aliphatic rings. The fraction of sp³-hybridized carbons (Fsp3) is 0.400. The number of piperidine rings is 1. The molecule has 0 radical (unpaired) electrons. The van der Waals surface area contributed by atoms with Crippen LogP contribution in [0.15, 0.2) is 60.7 Å². The Balaban J connectivity index is 0.000000454. The van der Waals surface area contributed by atoms with Gasteiger partial charge in [0.1, 0.15) is 0 Å². The maximum Gasteiger partial charge on any atom is 0.414 e. The number of benzene rings is 2. The third kappa shape index (κ3) is 7.40. The van der Waals surface area contributed by atoms with Crippen molar-refractivity contribution in [1.29, 1.82) is 0 Å². The van der Waals surface area contributed by atoms with Crippen molar-refractivity contribution < 1.29 is 24.6 Å². The highest BCUT2D eigenvalue weighted by atomic mass is 16.4. The molecule has 8 heteroatoms. The molecule has 0 spiro atoms. The fourth-order valence-electron chi connectivity index (χ4n) is 4.33. The molecule has 176 valence electrons. The van der Waals surface area contributed by atoms with Gasteiger partial charge in [-0.1, -0.05) is 48.5 Å². The van der Waals surface area contributed by atoms with Crippen LogP contribution in [0, 0.1) is 0 Å². The summed E-state index contributed by atoms with van der Waals surface area (Å²) in [4.78, 5) is 38.0. The van der Waals surface area contributed by atoms with Crippen LogP contribution in [-0.4, -0.2) is 88.1 Å². The first-order valence-corrected chi connectivity index (χ1v) is 11.2. The van der Waals surface area contributed by atoms with Crippen molar-refractivity contribution in [3.63, 3.8) is 0 Å². The Morgan fingerprint density at radius 1 is 0.727 bits per heavy atom. The van der Waals surface area contributed by atoms with E-state index in [9.17, 15) is 4.79 Å². The SMILES string of the molecule is O=C(O)C(=O)O.O=C(c1ccccc1)N1CCC(N2CCN(Cc3ccccc3)CC2)CC1. The van der Waals surface area contributed by atoms with Gasteiger partial charge in [0.15, 0.2) is 0 Å². The van der Waals surface area contributed by atoms with Crippen LogP contribution in [-0.2, 0) is 16.1 Å². The number of carboxylic acids is 2. The monoisotopic (exact) mass is 453 g/mol. The molecule has 2 N–H and O–H groups in total.